The van der Waals surface area contributed by atoms with Gasteiger partial charge in [-0.15, -0.1) is 0 Å². The zero-order chi connectivity index (χ0) is 15.1. The summed E-state index contributed by atoms with van der Waals surface area (Å²) in [4.78, 5) is 12.1. The molecule has 0 saturated carbocycles. The van der Waals surface area contributed by atoms with Crippen LogP contribution in [0.2, 0.25) is 0 Å². The molecule has 0 aliphatic carbocycles. The molecule has 1 fully saturated rings. The number of hydrogen-bond acceptors (Lipinski definition) is 9. The number of fused-ring (bicyclic) bond motifs is 1. The lowest BCUT2D eigenvalue weighted by Crippen LogP contribution is -2.33. The van der Waals surface area contributed by atoms with Gasteiger partial charge in [-0.1, -0.05) is 0 Å². The third kappa shape index (κ3) is 2.08. The first-order valence-electron chi connectivity index (χ1n) is 6.23. The molecule has 3 heterocycles. The second-order valence-corrected chi connectivity index (χ2v) is 4.65. The number of imidazole rings is 1. The van der Waals surface area contributed by atoms with Gasteiger partial charge >= 0.3 is 6.01 Å². The molecule has 3 rings (SSSR count). The van der Waals surface area contributed by atoms with E-state index in [0.29, 0.717) is 11.2 Å². The summed E-state index contributed by atoms with van der Waals surface area (Å²) < 4.78 is 11.8. The van der Waals surface area contributed by atoms with Crippen LogP contribution in [0.15, 0.2) is 6.33 Å². The van der Waals surface area contributed by atoms with Gasteiger partial charge in [0, 0.05) is 0 Å². The van der Waals surface area contributed by atoms with Crippen molar-refractivity contribution < 1.29 is 24.8 Å². The quantitative estimate of drug-likeness (QED) is 0.506. The molecule has 0 unspecified atom stereocenters. The van der Waals surface area contributed by atoms with Crippen molar-refractivity contribution in [3.8, 4) is 6.01 Å². The number of nitrogens with two attached hydrogens (primary N) is 1. The van der Waals surface area contributed by atoms with E-state index in [0.717, 1.165) is 0 Å². The second-order valence-electron chi connectivity index (χ2n) is 4.65. The monoisotopic (exact) mass is 297 g/mol. The Kier molecular flexibility index (Phi) is 3.37. The van der Waals surface area contributed by atoms with Crippen LogP contribution in [-0.4, -0.2) is 66.9 Å². The Bertz CT molecular complexity index is 662. The van der Waals surface area contributed by atoms with Crippen LogP contribution in [0.5, 0.6) is 6.01 Å². The van der Waals surface area contributed by atoms with E-state index in [4.69, 9.17) is 20.3 Å². The van der Waals surface area contributed by atoms with E-state index in [9.17, 15) is 10.2 Å². The normalized spacial score (nSPS) is 29.1. The van der Waals surface area contributed by atoms with Crippen LogP contribution in [0.1, 0.15) is 6.23 Å². The molecule has 0 spiro atoms. The summed E-state index contributed by atoms with van der Waals surface area (Å²) in [6.45, 7) is -0.415. The molecule has 10 nitrogen and oxygen atoms in total. The molecule has 114 valence electrons. The summed E-state index contributed by atoms with van der Waals surface area (Å²) in [6, 6.07) is 0.0495. The predicted molar refractivity (Wildman–Crippen MR) is 69.3 cm³/mol. The van der Waals surface area contributed by atoms with Crippen molar-refractivity contribution in [3.05, 3.63) is 6.33 Å². The molecule has 0 amide bonds. The predicted octanol–water partition coefficient (Wildman–Crippen LogP) is -1.97. The smallest absolute Gasteiger partial charge is 0.320 e. The highest BCUT2D eigenvalue weighted by atomic mass is 16.6. The second kappa shape index (κ2) is 5.07. The summed E-state index contributed by atoms with van der Waals surface area (Å²) in [6.07, 6.45) is -2.90. The van der Waals surface area contributed by atoms with Gasteiger partial charge in [-0.2, -0.15) is 9.97 Å². The van der Waals surface area contributed by atoms with Gasteiger partial charge in [0.05, 0.1) is 20.0 Å². The van der Waals surface area contributed by atoms with Gasteiger partial charge < -0.3 is 30.5 Å². The van der Waals surface area contributed by atoms with Crippen molar-refractivity contribution in [2.45, 2.75) is 24.5 Å². The van der Waals surface area contributed by atoms with Gasteiger partial charge in [0.15, 0.2) is 23.2 Å². The molecule has 1 saturated heterocycles. The third-order valence-electron chi connectivity index (χ3n) is 3.40. The highest BCUT2D eigenvalue weighted by molar-refractivity contribution is 5.82. The molecule has 2 aromatic rings. The van der Waals surface area contributed by atoms with Crippen molar-refractivity contribution >= 4 is 17.0 Å². The van der Waals surface area contributed by atoms with Crippen molar-refractivity contribution in [3.63, 3.8) is 0 Å². The van der Waals surface area contributed by atoms with Crippen molar-refractivity contribution in [1.29, 1.82) is 0 Å². The fourth-order valence-electron chi connectivity index (χ4n) is 2.30. The van der Waals surface area contributed by atoms with Crippen LogP contribution >= 0.6 is 0 Å². The summed E-state index contributed by atoms with van der Waals surface area (Å²) in [5.74, 6) is 0.127. The Morgan fingerprint density at radius 2 is 2.14 bits per heavy atom. The maximum atomic E-state index is 10.0. The van der Waals surface area contributed by atoms with E-state index >= 15 is 0 Å². The number of aliphatic hydroxyl groups excluding tert-OH is 3. The number of ether oxygens (including phenoxy) is 2. The van der Waals surface area contributed by atoms with E-state index in [1.54, 1.807) is 0 Å². The summed E-state index contributed by atoms with van der Waals surface area (Å²) in [5.41, 5.74) is 6.39. The van der Waals surface area contributed by atoms with Gasteiger partial charge in [0.2, 0.25) is 0 Å². The van der Waals surface area contributed by atoms with Crippen LogP contribution in [0, 0.1) is 0 Å². The Labute approximate surface area is 118 Å². The minimum absolute atomic E-state index is 0.0495. The number of nitrogens with zero attached hydrogens (tertiary/aromatic N) is 4. The largest absolute Gasteiger partial charge is 0.467 e. The maximum Gasteiger partial charge on any atom is 0.320 e. The molecule has 1 aliphatic heterocycles. The molecule has 10 heteroatoms. The Balaban J connectivity index is 2.07. The van der Waals surface area contributed by atoms with E-state index in [-0.39, 0.29) is 11.8 Å². The van der Waals surface area contributed by atoms with E-state index in [1.807, 2.05) is 0 Å². The average molecular weight is 297 g/mol. The average Bonchev–Trinajstić information content (AvgIpc) is 3.02. The van der Waals surface area contributed by atoms with E-state index < -0.39 is 31.1 Å². The first-order chi connectivity index (χ1) is 10.1. The van der Waals surface area contributed by atoms with Crippen LogP contribution in [0.4, 0.5) is 5.82 Å². The highest BCUT2D eigenvalue weighted by Crippen LogP contribution is 2.32. The number of hydrogen-bond donors (Lipinski definition) is 4. The van der Waals surface area contributed by atoms with Gasteiger partial charge in [-0.25, -0.2) is 4.98 Å². The number of rotatable bonds is 3. The fraction of sp³-hybridized carbons (Fsp3) is 0.545. The zero-order valence-corrected chi connectivity index (χ0v) is 11.1. The zero-order valence-electron chi connectivity index (χ0n) is 11.1. The van der Waals surface area contributed by atoms with Crippen molar-refractivity contribution in [2.24, 2.45) is 0 Å². The molecule has 0 aromatic carbocycles. The third-order valence-corrected chi connectivity index (χ3v) is 3.40. The molecule has 5 N–H and O–H groups in total. The highest BCUT2D eigenvalue weighted by Gasteiger charge is 2.44. The Morgan fingerprint density at radius 1 is 1.38 bits per heavy atom. The SMILES string of the molecule is COc1nc(N)c2ncn([C@H]3O[C@H](CO)[C@@H](O)[C@@H]3O)c2n1. The molecule has 0 radical (unpaired) electrons. The number of nitrogen functional groups attached to an aromatic ring is 1. The molecule has 0 bridgehead atoms. The molecular weight excluding hydrogens is 282 g/mol. The number of aromatic nitrogens is 4. The van der Waals surface area contributed by atoms with Crippen molar-refractivity contribution in [2.75, 3.05) is 19.5 Å². The summed E-state index contributed by atoms with van der Waals surface area (Å²) >= 11 is 0. The van der Waals surface area contributed by atoms with Crippen LogP contribution in [0.3, 0.4) is 0 Å². The Hall–Kier alpha value is -2.01. The lowest BCUT2D eigenvalue weighted by Gasteiger charge is -2.16. The number of methoxy groups -OCH3 is 1. The minimum atomic E-state index is -1.23. The maximum absolute atomic E-state index is 10.0. The van der Waals surface area contributed by atoms with Crippen molar-refractivity contribution in [1.82, 2.24) is 19.5 Å². The summed E-state index contributed by atoms with van der Waals surface area (Å²) in [5, 5.41) is 29.0. The molecule has 21 heavy (non-hydrogen) atoms. The molecule has 4 atom stereocenters. The van der Waals surface area contributed by atoms with Crippen LogP contribution in [-0.2, 0) is 4.74 Å². The molecule has 1 aliphatic rings. The fourth-order valence-corrected chi connectivity index (χ4v) is 2.30. The standard InChI is InChI=1S/C11H15N5O5/c1-20-11-14-8(12)5-9(15-11)16(3-13-5)10-7(19)6(18)4(2-17)21-10/h3-4,6-7,10,17-19H,2H2,1H3,(H2,12,14,15)/t4-,6-,7+,10+/m1/s1. The topological polar surface area (TPSA) is 149 Å². The lowest BCUT2D eigenvalue weighted by atomic mass is 10.1. The van der Waals surface area contributed by atoms with Gasteiger partial charge in [0.25, 0.3) is 0 Å². The van der Waals surface area contributed by atoms with Gasteiger partial charge in [-0.3, -0.25) is 4.57 Å². The van der Waals surface area contributed by atoms with E-state index in [2.05, 4.69) is 15.0 Å². The summed E-state index contributed by atoms with van der Waals surface area (Å²) in [7, 11) is 1.40. The van der Waals surface area contributed by atoms with Gasteiger partial charge in [0.1, 0.15) is 18.3 Å². The van der Waals surface area contributed by atoms with E-state index in [1.165, 1.54) is 18.0 Å². The van der Waals surface area contributed by atoms with Gasteiger partial charge in [-0.05, 0) is 0 Å². The number of aliphatic hydroxyl groups is 3. The van der Waals surface area contributed by atoms with Crippen LogP contribution < -0.4 is 10.5 Å². The Morgan fingerprint density at radius 3 is 2.76 bits per heavy atom. The minimum Gasteiger partial charge on any atom is -0.467 e. The van der Waals surface area contributed by atoms with Crippen LogP contribution in [0.25, 0.3) is 11.2 Å². The molecular formula is C11H15N5O5. The first kappa shape index (κ1) is 13.9. The lowest BCUT2D eigenvalue weighted by molar-refractivity contribution is -0.0511. The number of anilines is 1. The molecule has 2 aromatic heterocycles. The first-order valence-corrected chi connectivity index (χ1v) is 6.23.